The fourth-order valence-corrected chi connectivity index (χ4v) is 5.65. The van der Waals surface area contributed by atoms with Crippen LogP contribution in [0, 0.1) is 11.8 Å². The van der Waals surface area contributed by atoms with Gasteiger partial charge in [0.25, 0.3) is 5.91 Å². The molecular weight excluding hydrogens is 532 g/mol. The number of allylic oxidation sites excluding steroid dienone is 2. The highest BCUT2D eigenvalue weighted by Crippen LogP contribution is 2.42. The number of nitrogens with one attached hydrogen (secondary N) is 2. The Kier molecular flexibility index (Phi) is 9.16. The van der Waals surface area contributed by atoms with E-state index in [0.717, 1.165) is 12.8 Å². The SMILES string of the molecule is CC(C)(C)OC(=O)NN1CSC2=C1C(=O)C(Cc1ccc(OC(F)F)cc1)C=C2C(=O)NCC1CCOCC1. The Bertz CT molecular complexity index is 1140. The fraction of sp³-hybridized carbons (Fsp3) is 0.519. The lowest BCUT2D eigenvalue weighted by atomic mass is 9.86. The third-order valence-corrected chi connectivity index (χ3v) is 7.46. The molecule has 3 aliphatic rings. The lowest BCUT2D eigenvalue weighted by Crippen LogP contribution is -2.45. The van der Waals surface area contributed by atoms with Crippen LogP contribution in [-0.2, 0) is 25.5 Å². The van der Waals surface area contributed by atoms with E-state index in [4.69, 9.17) is 9.47 Å². The number of ketones is 1. The topological polar surface area (TPSA) is 106 Å². The molecule has 1 saturated heterocycles. The number of rotatable bonds is 8. The van der Waals surface area contributed by atoms with Gasteiger partial charge in [-0.05, 0) is 63.6 Å². The van der Waals surface area contributed by atoms with Crippen molar-refractivity contribution in [2.24, 2.45) is 11.8 Å². The van der Waals surface area contributed by atoms with Crippen molar-refractivity contribution in [2.45, 2.75) is 52.2 Å². The molecule has 1 fully saturated rings. The number of benzene rings is 1. The summed E-state index contributed by atoms with van der Waals surface area (Å²) >= 11 is 1.29. The van der Waals surface area contributed by atoms with Crippen LogP contribution in [0.15, 0.2) is 46.5 Å². The number of Topliss-reactive ketones (excluding diaryl/α,β-unsaturated/α-hetero) is 1. The number of amides is 2. The number of halogens is 2. The van der Waals surface area contributed by atoms with Crippen LogP contribution in [0.5, 0.6) is 5.75 Å². The molecule has 1 aliphatic carbocycles. The zero-order valence-electron chi connectivity index (χ0n) is 22.1. The molecule has 1 aromatic carbocycles. The molecule has 212 valence electrons. The summed E-state index contributed by atoms with van der Waals surface area (Å²) in [4.78, 5) is 40.0. The van der Waals surface area contributed by atoms with Gasteiger partial charge in [0.15, 0.2) is 5.78 Å². The van der Waals surface area contributed by atoms with Gasteiger partial charge in [-0.25, -0.2) is 10.2 Å². The second-order valence-corrected chi connectivity index (χ2v) is 11.5. The highest BCUT2D eigenvalue weighted by molar-refractivity contribution is 8.03. The van der Waals surface area contributed by atoms with Crippen LogP contribution in [0.25, 0.3) is 0 Å². The fourth-order valence-electron chi connectivity index (χ4n) is 4.54. The third-order valence-electron chi connectivity index (χ3n) is 6.37. The van der Waals surface area contributed by atoms with E-state index < -0.39 is 24.2 Å². The van der Waals surface area contributed by atoms with Gasteiger partial charge >= 0.3 is 12.7 Å². The Balaban J connectivity index is 1.55. The first kappa shape index (κ1) is 28.9. The molecular formula is C27H33F2N3O6S. The van der Waals surface area contributed by atoms with Crippen LogP contribution in [-0.4, -0.2) is 60.6 Å². The van der Waals surface area contributed by atoms with Gasteiger partial charge in [0.1, 0.15) is 17.0 Å². The van der Waals surface area contributed by atoms with E-state index in [1.54, 1.807) is 39.0 Å². The van der Waals surface area contributed by atoms with Gasteiger partial charge < -0.3 is 19.5 Å². The molecule has 1 unspecified atom stereocenters. The number of alkyl halides is 2. The first-order valence-corrected chi connectivity index (χ1v) is 13.8. The Morgan fingerprint density at radius 1 is 1.18 bits per heavy atom. The molecule has 12 heteroatoms. The molecule has 4 rings (SSSR count). The van der Waals surface area contributed by atoms with Crippen LogP contribution in [0.3, 0.4) is 0 Å². The van der Waals surface area contributed by atoms with E-state index >= 15 is 0 Å². The summed E-state index contributed by atoms with van der Waals surface area (Å²) in [5.74, 6) is -0.715. The van der Waals surface area contributed by atoms with E-state index in [1.165, 1.54) is 28.9 Å². The summed E-state index contributed by atoms with van der Waals surface area (Å²) in [7, 11) is 0. The van der Waals surface area contributed by atoms with Crippen molar-refractivity contribution in [1.29, 1.82) is 0 Å². The Morgan fingerprint density at radius 2 is 1.87 bits per heavy atom. The normalized spacial score (nSPS) is 20.1. The minimum absolute atomic E-state index is 0.0114. The molecule has 2 heterocycles. The summed E-state index contributed by atoms with van der Waals surface area (Å²) in [6.07, 6.45) is 2.90. The third kappa shape index (κ3) is 7.72. The number of ether oxygens (including phenoxy) is 3. The van der Waals surface area contributed by atoms with Gasteiger partial charge in [-0.2, -0.15) is 8.78 Å². The molecule has 2 N–H and O–H groups in total. The first-order chi connectivity index (χ1) is 18.5. The number of nitrogens with zero attached hydrogens (tertiary/aromatic N) is 1. The predicted octanol–water partition coefficient (Wildman–Crippen LogP) is 4.16. The smallest absolute Gasteiger partial charge is 0.426 e. The molecule has 9 nitrogen and oxygen atoms in total. The van der Waals surface area contributed by atoms with Crippen molar-refractivity contribution >= 4 is 29.5 Å². The number of hydrogen-bond acceptors (Lipinski definition) is 8. The number of hydrazine groups is 1. The van der Waals surface area contributed by atoms with Crippen molar-refractivity contribution in [3.8, 4) is 5.75 Å². The van der Waals surface area contributed by atoms with Gasteiger partial charge in [-0.3, -0.25) is 14.6 Å². The molecule has 0 bridgehead atoms. The minimum atomic E-state index is -2.94. The maximum atomic E-state index is 13.7. The Morgan fingerprint density at radius 3 is 2.51 bits per heavy atom. The number of hydrogen-bond donors (Lipinski definition) is 2. The molecule has 0 saturated carbocycles. The monoisotopic (exact) mass is 565 g/mol. The minimum Gasteiger partial charge on any atom is -0.443 e. The lowest BCUT2D eigenvalue weighted by molar-refractivity contribution is -0.119. The second-order valence-electron chi connectivity index (χ2n) is 10.5. The van der Waals surface area contributed by atoms with Crippen molar-refractivity contribution in [2.75, 3.05) is 25.6 Å². The van der Waals surface area contributed by atoms with E-state index in [2.05, 4.69) is 15.5 Å². The molecule has 0 aromatic heterocycles. The number of carbonyl (C=O) groups is 3. The first-order valence-electron chi connectivity index (χ1n) is 12.8. The van der Waals surface area contributed by atoms with Crippen molar-refractivity contribution in [3.05, 3.63) is 52.1 Å². The predicted molar refractivity (Wildman–Crippen MR) is 141 cm³/mol. The number of thioether (sulfide) groups is 1. The van der Waals surface area contributed by atoms with E-state index in [0.29, 0.717) is 41.7 Å². The Hall–Kier alpha value is -3.12. The molecule has 0 radical (unpaired) electrons. The van der Waals surface area contributed by atoms with E-state index in [-0.39, 0.29) is 35.4 Å². The second kappa shape index (κ2) is 12.4. The number of carbonyl (C=O) groups excluding carboxylic acids is 3. The zero-order chi connectivity index (χ0) is 28.2. The molecule has 1 atom stereocenters. The van der Waals surface area contributed by atoms with Gasteiger partial charge in [0, 0.05) is 25.7 Å². The Labute approximate surface area is 230 Å². The van der Waals surface area contributed by atoms with Crippen molar-refractivity contribution < 1.29 is 37.4 Å². The summed E-state index contributed by atoms with van der Waals surface area (Å²) in [6, 6.07) is 6.03. The van der Waals surface area contributed by atoms with Crippen molar-refractivity contribution in [1.82, 2.24) is 15.8 Å². The van der Waals surface area contributed by atoms with E-state index in [1.807, 2.05) is 0 Å². The van der Waals surface area contributed by atoms with Gasteiger partial charge in [0.2, 0.25) is 0 Å². The molecule has 1 aromatic rings. The van der Waals surface area contributed by atoms with Gasteiger partial charge in [-0.1, -0.05) is 30.0 Å². The quantitative estimate of drug-likeness (QED) is 0.484. The largest absolute Gasteiger partial charge is 0.443 e. The average Bonchev–Trinajstić information content (AvgIpc) is 3.28. The van der Waals surface area contributed by atoms with Gasteiger partial charge in [0.05, 0.1) is 16.4 Å². The van der Waals surface area contributed by atoms with Crippen LogP contribution >= 0.6 is 11.8 Å². The average molecular weight is 566 g/mol. The standard InChI is InChI=1S/C27H33F2N3O6S/c1-27(2,3)38-26(35)31-32-15-39-23-20(24(34)30-14-17-8-10-36-11-9-17)13-18(22(33)21(23)32)12-16-4-6-19(7-5-16)37-25(28)29/h4-7,13,17-18,25H,8-12,14-15H2,1-3H3,(H,30,34)(H,31,35). The molecule has 2 aliphatic heterocycles. The van der Waals surface area contributed by atoms with Gasteiger partial charge in [-0.15, -0.1) is 0 Å². The maximum Gasteiger partial charge on any atom is 0.426 e. The lowest BCUT2D eigenvalue weighted by Gasteiger charge is -2.28. The summed E-state index contributed by atoms with van der Waals surface area (Å²) in [5.41, 5.74) is 3.20. The van der Waals surface area contributed by atoms with Crippen LogP contribution in [0.4, 0.5) is 13.6 Å². The summed E-state index contributed by atoms with van der Waals surface area (Å²) in [6.45, 7) is 4.10. The molecule has 0 spiro atoms. The summed E-state index contributed by atoms with van der Waals surface area (Å²) < 4.78 is 40.2. The van der Waals surface area contributed by atoms with Crippen LogP contribution < -0.4 is 15.5 Å². The van der Waals surface area contributed by atoms with E-state index in [9.17, 15) is 23.2 Å². The highest BCUT2D eigenvalue weighted by Gasteiger charge is 2.40. The molecule has 2 amide bonds. The van der Waals surface area contributed by atoms with Crippen molar-refractivity contribution in [3.63, 3.8) is 0 Å². The van der Waals surface area contributed by atoms with Crippen LogP contribution in [0.2, 0.25) is 0 Å². The summed E-state index contributed by atoms with van der Waals surface area (Å²) in [5, 5.41) is 4.42. The zero-order valence-corrected chi connectivity index (χ0v) is 22.9. The molecule has 39 heavy (non-hydrogen) atoms. The van der Waals surface area contributed by atoms with Crippen LogP contribution in [0.1, 0.15) is 39.2 Å². The maximum absolute atomic E-state index is 13.7. The highest BCUT2D eigenvalue weighted by atomic mass is 32.2.